The molecule has 70 valence electrons. The van der Waals surface area contributed by atoms with E-state index in [0.717, 1.165) is 33.9 Å². The SMILES string of the molecule is CC(C)=Nc1cc(SO)ccc1C. The molecule has 1 N–H and O–H groups in total. The maximum absolute atomic E-state index is 8.86. The highest BCUT2D eigenvalue weighted by molar-refractivity contribution is 7.93. The van der Waals surface area contributed by atoms with E-state index in [1.807, 2.05) is 39.0 Å². The lowest BCUT2D eigenvalue weighted by atomic mass is 10.2. The Morgan fingerprint density at radius 3 is 2.62 bits per heavy atom. The minimum Gasteiger partial charge on any atom is -0.325 e. The molecule has 3 heteroatoms. The molecular formula is C10H13NOS. The van der Waals surface area contributed by atoms with Gasteiger partial charge in [0.1, 0.15) is 0 Å². The lowest BCUT2D eigenvalue weighted by Crippen LogP contribution is -1.82. The average molecular weight is 195 g/mol. The zero-order valence-corrected chi connectivity index (χ0v) is 8.85. The molecule has 0 aliphatic carbocycles. The predicted octanol–water partition coefficient (Wildman–Crippen LogP) is 3.67. The summed E-state index contributed by atoms with van der Waals surface area (Å²) in [6.45, 7) is 5.92. The minimum atomic E-state index is 0.749. The highest BCUT2D eigenvalue weighted by atomic mass is 32.2. The summed E-state index contributed by atoms with van der Waals surface area (Å²) < 4.78 is 8.86. The molecule has 0 aliphatic heterocycles. The fourth-order valence-electron chi connectivity index (χ4n) is 1.01. The molecule has 13 heavy (non-hydrogen) atoms. The normalized spacial score (nSPS) is 9.85. The van der Waals surface area contributed by atoms with E-state index in [-0.39, 0.29) is 0 Å². The van der Waals surface area contributed by atoms with E-state index in [2.05, 4.69) is 4.99 Å². The monoisotopic (exact) mass is 195 g/mol. The second-order valence-corrected chi connectivity index (χ2v) is 3.75. The van der Waals surface area contributed by atoms with Crippen molar-refractivity contribution < 1.29 is 4.55 Å². The molecule has 0 atom stereocenters. The summed E-state index contributed by atoms with van der Waals surface area (Å²) in [6, 6.07) is 5.72. The fraction of sp³-hybridized carbons (Fsp3) is 0.300. The highest BCUT2D eigenvalue weighted by Crippen LogP contribution is 2.25. The standard InChI is InChI=1S/C10H13NOS/c1-7(2)11-10-6-9(13-12)5-4-8(10)3/h4-6,12H,1-3H3. The van der Waals surface area contributed by atoms with E-state index in [1.54, 1.807) is 0 Å². The van der Waals surface area contributed by atoms with Crippen LogP contribution in [0.15, 0.2) is 28.1 Å². The summed E-state index contributed by atoms with van der Waals surface area (Å²) in [5.74, 6) is 0. The van der Waals surface area contributed by atoms with Crippen LogP contribution in [0.4, 0.5) is 5.69 Å². The molecule has 0 saturated heterocycles. The third-order valence-corrected chi connectivity index (χ3v) is 2.09. The molecule has 1 aromatic carbocycles. The Bertz CT molecular complexity index is 330. The van der Waals surface area contributed by atoms with E-state index >= 15 is 0 Å². The Morgan fingerprint density at radius 1 is 1.38 bits per heavy atom. The number of hydrogen-bond donors (Lipinski definition) is 1. The topological polar surface area (TPSA) is 32.6 Å². The lowest BCUT2D eigenvalue weighted by molar-refractivity contribution is 0.664. The summed E-state index contributed by atoms with van der Waals surface area (Å²) in [4.78, 5) is 5.18. The van der Waals surface area contributed by atoms with Crippen molar-refractivity contribution in [3.8, 4) is 0 Å². The van der Waals surface area contributed by atoms with Crippen LogP contribution in [0.5, 0.6) is 0 Å². The molecule has 0 bridgehead atoms. The van der Waals surface area contributed by atoms with Gasteiger partial charge < -0.3 is 4.55 Å². The molecule has 0 aliphatic rings. The first kappa shape index (κ1) is 10.3. The van der Waals surface area contributed by atoms with Gasteiger partial charge in [-0.25, -0.2) is 0 Å². The van der Waals surface area contributed by atoms with Crippen LogP contribution in [0.3, 0.4) is 0 Å². The van der Waals surface area contributed by atoms with Crippen molar-refractivity contribution in [2.24, 2.45) is 4.99 Å². The molecule has 2 nitrogen and oxygen atoms in total. The molecule has 0 amide bonds. The zero-order chi connectivity index (χ0) is 9.84. The average Bonchev–Trinajstić information content (AvgIpc) is 2.08. The molecule has 1 aromatic rings. The maximum atomic E-state index is 8.86. The number of aliphatic imine (C=N–C) groups is 1. The first-order chi connectivity index (χ1) is 6.13. The first-order valence-corrected chi connectivity index (χ1v) is 4.85. The zero-order valence-electron chi connectivity index (χ0n) is 8.03. The first-order valence-electron chi connectivity index (χ1n) is 4.07. The Kier molecular flexibility index (Phi) is 3.51. The summed E-state index contributed by atoms with van der Waals surface area (Å²) >= 11 is 0.749. The van der Waals surface area contributed by atoms with Crippen LogP contribution in [0.25, 0.3) is 0 Å². The van der Waals surface area contributed by atoms with Gasteiger partial charge in [-0.2, -0.15) is 0 Å². The van der Waals surface area contributed by atoms with Crippen LogP contribution in [-0.2, 0) is 0 Å². The lowest BCUT2D eigenvalue weighted by Gasteiger charge is -2.02. The molecular weight excluding hydrogens is 182 g/mol. The third kappa shape index (κ3) is 2.86. The van der Waals surface area contributed by atoms with Crippen LogP contribution in [0, 0.1) is 6.92 Å². The van der Waals surface area contributed by atoms with E-state index in [9.17, 15) is 0 Å². The van der Waals surface area contributed by atoms with Crippen LogP contribution in [0.1, 0.15) is 19.4 Å². The number of benzene rings is 1. The van der Waals surface area contributed by atoms with E-state index in [4.69, 9.17) is 4.55 Å². The fourth-order valence-corrected chi connectivity index (χ4v) is 1.30. The van der Waals surface area contributed by atoms with Crippen molar-refractivity contribution in [3.05, 3.63) is 23.8 Å². The molecule has 0 unspecified atom stereocenters. The van der Waals surface area contributed by atoms with E-state index < -0.39 is 0 Å². The number of aryl methyl sites for hydroxylation is 1. The van der Waals surface area contributed by atoms with Crippen LogP contribution in [-0.4, -0.2) is 10.3 Å². The summed E-state index contributed by atoms with van der Waals surface area (Å²) in [7, 11) is 0. The molecule has 0 radical (unpaired) electrons. The van der Waals surface area contributed by atoms with Gasteiger partial charge in [0.05, 0.1) is 5.69 Å². The van der Waals surface area contributed by atoms with Gasteiger partial charge in [0.15, 0.2) is 0 Å². The Morgan fingerprint density at radius 2 is 2.08 bits per heavy atom. The van der Waals surface area contributed by atoms with Crippen LogP contribution < -0.4 is 0 Å². The van der Waals surface area contributed by atoms with Crippen molar-refractivity contribution in [3.63, 3.8) is 0 Å². The summed E-state index contributed by atoms with van der Waals surface area (Å²) in [6.07, 6.45) is 0. The predicted molar refractivity (Wildman–Crippen MR) is 58.1 cm³/mol. The summed E-state index contributed by atoms with van der Waals surface area (Å²) in [5, 5.41) is 0. The molecule has 0 fully saturated rings. The molecule has 0 heterocycles. The van der Waals surface area contributed by atoms with Crippen molar-refractivity contribution in [1.82, 2.24) is 0 Å². The van der Waals surface area contributed by atoms with Crippen molar-refractivity contribution >= 4 is 23.4 Å². The van der Waals surface area contributed by atoms with Crippen LogP contribution in [0.2, 0.25) is 0 Å². The van der Waals surface area contributed by atoms with Gasteiger partial charge >= 0.3 is 0 Å². The number of rotatable bonds is 2. The van der Waals surface area contributed by atoms with Crippen molar-refractivity contribution in [2.45, 2.75) is 25.7 Å². The Balaban J connectivity index is 3.11. The minimum absolute atomic E-state index is 0.749. The summed E-state index contributed by atoms with van der Waals surface area (Å²) in [5.41, 5.74) is 3.07. The third-order valence-electron chi connectivity index (χ3n) is 1.63. The van der Waals surface area contributed by atoms with Crippen molar-refractivity contribution in [2.75, 3.05) is 0 Å². The van der Waals surface area contributed by atoms with Gasteiger partial charge in [-0.15, -0.1) is 0 Å². The van der Waals surface area contributed by atoms with Gasteiger partial charge in [0.25, 0.3) is 0 Å². The second-order valence-electron chi connectivity index (χ2n) is 3.10. The number of hydrogen-bond acceptors (Lipinski definition) is 3. The van der Waals surface area contributed by atoms with Crippen molar-refractivity contribution in [1.29, 1.82) is 0 Å². The van der Waals surface area contributed by atoms with Gasteiger partial charge in [-0.1, -0.05) is 6.07 Å². The smallest absolute Gasteiger partial charge is 0.0669 e. The maximum Gasteiger partial charge on any atom is 0.0669 e. The molecule has 0 saturated carbocycles. The quantitative estimate of drug-likeness (QED) is 0.577. The van der Waals surface area contributed by atoms with E-state index in [0.29, 0.717) is 0 Å². The highest BCUT2D eigenvalue weighted by Gasteiger charge is 1.98. The van der Waals surface area contributed by atoms with Gasteiger partial charge in [0.2, 0.25) is 0 Å². The van der Waals surface area contributed by atoms with Gasteiger partial charge in [-0.3, -0.25) is 4.99 Å². The Labute approximate surface area is 82.9 Å². The van der Waals surface area contributed by atoms with Gasteiger partial charge in [0, 0.05) is 22.6 Å². The molecule has 1 rings (SSSR count). The van der Waals surface area contributed by atoms with Gasteiger partial charge in [-0.05, 0) is 38.5 Å². The number of nitrogens with zero attached hydrogens (tertiary/aromatic N) is 1. The Hall–Kier alpha value is -0.800. The van der Waals surface area contributed by atoms with E-state index in [1.165, 1.54) is 0 Å². The molecule has 0 spiro atoms. The largest absolute Gasteiger partial charge is 0.325 e. The second kappa shape index (κ2) is 4.44. The van der Waals surface area contributed by atoms with Crippen LogP contribution >= 0.6 is 12.0 Å². The molecule has 0 aromatic heterocycles.